The molecule has 0 aliphatic carbocycles. The molecule has 0 bridgehead atoms. The van der Waals surface area contributed by atoms with Crippen molar-refractivity contribution in [2.24, 2.45) is 0 Å². The third kappa shape index (κ3) is 4.45. The molecule has 1 aromatic heterocycles. The van der Waals surface area contributed by atoms with Crippen molar-refractivity contribution in [3.63, 3.8) is 0 Å². The highest BCUT2D eigenvalue weighted by molar-refractivity contribution is 9.10. The van der Waals surface area contributed by atoms with Crippen LogP contribution < -0.4 is 4.74 Å². The van der Waals surface area contributed by atoms with Crippen LogP contribution in [0.3, 0.4) is 0 Å². The van der Waals surface area contributed by atoms with Crippen LogP contribution in [0.15, 0.2) is 28.1 Å². The quantitative estimate of drug-likeness (QED) is 0.663. The molecule has 26 heavy (non-hydrogen) atoms. The molecule has 142 valence electrons. The van der Waals surface area contributed by atoms with Gasteiger partial charge in [-0.3, -0.25) is 4.90 Å². The second-order valence-electron chi connectivity index (χ2n) is 6.06. The van der Waals surface area contributed by atoms with Gasteiger partial charge in [0.15, 0.2) is 0 Å². The number of aromatic nitrogens is 1. The minimum Gasteiger partial charge on any atom is -0.496 e. The second kappa shape index (κ2) is 8.35. The lowest BCUT2D eigenvalue weighted by atomic mass is 10.2. The fourth-order valence-electron chi connectivity index (χ4n) is 2.93. The molecule has 1 aliphatic heterocycles. The van der Waals surface area contributed by atoms with Crippen LogP contribution in [0.5, 0.6) is 5.75 Å². The Morgan fingerprint density at radius 1 is 1.27 bits per heavy atom. The average Bonchev–Trinajstić information content (AvgIpc) is 3.10. The predicted molar refractivity (Wildman–Crippen MR) is 108 cm³/mol. The van der Waals surface area contributed by atoms with E-state index in [4.69, 9.17) is 9.72 Å². The minimum absolute atomic E-state index is 0.164. The Morgan fingerprint density at radius 2 is 2.00 bits per heavy atom. The van der Waals surface area contributed by atoms with Crippen LogP contribution in [0.25, 0.3) is 10.6 Å². The molecular weight excluding hydrogens is 438 g/mol. The SMILES string of the molecule is CCS(=O)(=O)N1CCN(Cc2csc(-c3cc(Br)ccc3OC)n2)CC1. The zero-order valence-electron chi connectivity index (χ0n) is 14.8. The predicted octanol–water partition coefficient (Wildman–Crippen LogP) is 3.05. The van der Waals surface area contributed by atoms with E-state index in [1.54, 1.807) is 29.7 Å². The van der Waals surface area contributed by atoms with Crippen molar-refractivity contribution < 1.29 is 13.2 Å². The number of methoxy groups -OCH3 is 1. The van der Waals surface area contributed by atoms with E-state index in [1.807, 2.05) is 18.2 Å². The Kier molecular flexibility index (Phi) is 6.34. The summed E-state index contributed by atoms with van der Waals surface area (Å²) in [5.74, 6) is 0.962. The van der Waals surface area contributed by atoms with Gasteiger partial charge in [-0.05, 0) is 25.1 Å². The van der Waals surface area contributed by atoms with E-state index in [9.17, 15) is 8.42 Å². The largest absolute Gasteiger partial charge is 0.496 e. The summed E-state index contributed by atoms with van der Waals surface area (Å²) < 4.78 is 31.9. The maximum atomic E-state index is 11.9. The summed E-state index contributed by atoms with van der Waals surface area (Å²) in [4.78, 5) is 7.00. The molecule has 1 fully saturated rings. The molecule has 6 nitrogen and oxygen atoms in total. The molecule has 1 saturated heterocycles. The van der Waals surface area contributed by atoms with E-state index in [0.717, 1.165) is 46.1 Å². The summed E-state index contributed by atoms with van der Waals surface area (Å²) in [6.07, 6.45) is 0. The van der Waals surface area contributed by atoms with Crippen molar-refractivity contribution >= 4 is 37.3 Å². The van der Waals surface area contributed by atoms with E-state index >= 15 is 0 Å². The normalized spacial score (nSPS) is 16.7. The van der Waals surface area contributed by atoms with Crippen LogP contribution in [0.4, 0.5) is 0 Å². The number of thiazole rings is 1. The van der Waals surface area contributed by atoms with Gasteiger partial charge < -0.3 is 4.74 Å². The number of hydrogen-bond donors (Lipinski definition) is 0. The molecule has 0 radical (unpaired) electrons. The minimum atomic E-state index is -3.09. The monoisotopic (exact) mass is 459 g/mol. The van der Waals surface area contributed by atoms with Gasteiger partial charge in [0.2, 0.25) is 10.0 Å². The standard InChI is InChI=1S/C17H22BrN3O3S2/c1-3-26(22,23)21-8-6-20(7-9-21)11-14-12-25-17(19-14)15-10-13(18)4-5-16(15)24-2/h4-5,10,12H,3,6-9,11H2,1-2H3. The second-order valence-corrected chi connectivity index (χ2v) is 10.1. The highest BCUT2D eigenvalue weighted by atomic mass is 79.9. The first-order valence-electron chi connectivity index (χ1n) is 8.41. The third-order valence-corrected chi connectivity index (χ3v) is 7.72. The van der Waals surface area contributed by atoms with Crippen molar-refractivity contribution in [2.75, 3.05) is 39.0 Å². The van der Waals surface area contributed by atoms with E-state index in [0.29, 0.717) is 13.1 Å². The molecule has 1 aliphatic rings. The first-order chi connectivity index (χ1) is 12.4. The van der Waals surface area contributed by atoms with E-state index in [2.05, 4.69) is 26.2 Å². The maximum absolute atomic E-state index is 11.9. The Morgan fingerprint density at radius 3 is 2.65 bits per heavy atom. The number of halogens is 1. The number of hydrogen-bond acceptors (Lipinski definition) is 6. The number of benzene rings is 1. The van der Waals surface area contributed by atoms with Crippen LogP contribution in [0, 0.1) is 0 Å². The number of sulfonamides is 1. The topological polar surface area (TPSA) is 62.7 Å². The fourth-order valence-corrected chi connectivity index (χ4v) is 5.21. The highest BCUT2D eigenvalue weighted by Gasteiger charge is 2.25. The summed E-state index contributed by atoms with van der Waals surface area (Å²) >= 11 is 5.09. The van der Waals surface area contributed by atoms with Gasteiger partial charge in [0.25, 0.3) is 0 Å². The molecule has 3 rings (SSSR count). The molecule has 9 heteroatoms. The van der Waals surface area contributed by atoms with Crippen molar-refractivity contribution in [1.29, 1.82) is 0 Å². The smallest absolute Gasteiger partial charge is 0.213 e. The van der Waals surface area contributed by atoms with E-state index in [1.165, 1.54) is 0 Å². The Balaban J connectivity index is 1.66. The van der Waals surface area contributed by atoms with Crippen LogP contribution in [0.1, 0.15) is 12.6 Å². The summed E-state index contributed by atoms with van der Waals surface area (Å²) in [6.45, 7) is 4.97. The average molecular weight is 460 g/mol. The third-order valence-electron chi connectivity index (χ3n) is 4.42. The molecule has 0 spiro atoms. The molecule has 0 unspecified atom stereocenters. The lowest BCUT2D eigenvalue weighted by Crippen LogP contribution is -2.48. The van der Waals surface area contributed by atoms with Gasteiger partial charge in [0.1, 0.15) is 10.8 Å². The van der Waals surface area contributed by atoms with Gasteiger partial charge in [-0.15, -0.1) is 11.3 Å². The fraction of sp³-hybridized carbons (Fsp3) is 0.471. The van der Waals surface area contributed by atoms with Crippen molar-refractivity contribution in [3.8, 4) is 16.3 Å². The van der Waals surface area contributed by atoms with Crippen molar-refractivity contribution in [3.05, 3.63) is 33.7 Å². The number of ether oxygens (including phenoxy) is 1. The Labute approximate surface area is 167 Å². The number of piperazine rings is 1. The van der Waals surface area contributed by atoms with Crippen LogP contribution in [-0.2, 0) is 16.6 Å². The first kappa shape index (κ1) is 19.8. The van der Waals surface area contributed by atoms with Crippen molar-refractivity contribution in [1.82, 2.24) is 14.2 Å². The van der Waals surface area contributed by atoms with Gasteiger partial charge in [-0.2, -0.15) is 4.31 Å². The number of nitrogens with zero attached hydrogens (tertiary/aromatic N) is 3. The van der Waals surface area contributed by atoms with Gasteiger partial charge in [-0.25, -0.2) is 13.4 Å². The molecule has 0 saturated carbocycles. The molecule has 2 aromatic rings. The molecule has 0 atom stereocenters. The zero-order valence-corrected chi connectivity index (χ0v) is 18.0. The van der Waals surface area contributed by atoms with Crippen LogP contribution >= 0.6 is 27.3 Å². The molecule has 0 amide bonds. The van der Waals surface area contributed by atoms with Gasteiger partial charge in [-0.1, -0.05) is 15.9 Å². The van der Waals surface area contributed by atoms with Crippen molar-refractivity contribution in [2.45, 2.75) is 13.5 Å². The lowest BCUT2D eigenvalue weighted by Gasteiger charge is -2.33. The summed E-state index contributed by atoms with van der Waals surface area (Å²) in [7, 11) is -1.43. The van der Waals surface area contributed by atoms with Crippen LogP contribution in [0.2, 0.25) is 0 Å². The summed E-state index contributed by atoms with van der Waals surface area (Å²) in [5.41, 5.74) is 1.97. The summed E-state index contributed by atoms with van der Waals surface area (Å²) in [6, 6.07) is 5.88. The number of rotatable bonds is 6. The van der Waals surface area contributed by atoms with Gasteiger partial charge >= 0.3 is 0 Å². The maximum Gasteiger partial charge on any atom is 0.213 e. The highest BCUT2D eigenvalue weighted by Crippen LogP contribution is 2.34. The Bertz CT molecular complexity index is 862. The first-order valence-corrected chi connectivity index (χ1v) is 11.7. The van der Waals surface area contributed by atoms with Crippen LogP contribution in [-0.4, -0.2) is 61.6 Å². The van der Waals surface area contributed by atoms with Gasteiger partial charge in [0, 0.05) is 42.6 Å². The zero-order chi connectivity index (χ0) is 18.7. The molecule has 0 N–H and O–H groups in total. The summed E-state index contributed by atoms with van der Waals surface area (Å²) in [5, 5.41) is 2.98. The van der Waals surface area contributed by atoms with Gasteiger partial charge in [0.05, 0.1) is 24.1 Å². The lowest BCUT2D eigenvalue weighted by molar-refractivity contribution is 0.180. The molecule has 1 aromatic carbocycles. The molecular formula is C17H22BrN3O3S2. The molecule has 2 heterocycles. The Hall–Kier alpha value is -1.00. The van der Waals surface area contributed by atoms with E-state index < -0.39 is 10.0 Å². The van der Waals surface area contributed by atoms with E-state index in [-0.39, 0.29) is 5.75 Å².